The minimum atomic E-state index is -4.32. The maximum absolute atomic E-state index is 14.3. The fraction of sp³-hybridized carbons (Fsp3) is 0.394. The van der Waals surface area contributed by atoms with E-state index < -0.39 is 28.5 Å². The summed E-state index contributed by atoms with van der Waals surface area (Å²) in [5, 5.41) is 3.52. The number of benzene rings is 3. The minimum Gasteiger partial charge on any atom is -0.497 e. The molecule has 10 nitrogen and oxygen atoms in total. The second kappa shape index (κ2) is 15.4. The quantitative estimate of drug-likeness (QED) is 0.246. The molecule has 45 heavy (non-hydrogen) atoms. The number of hydrogen-bond acceptors (Lipinski definition) is 7. The van der Waals surface area contributed by atoms with Gasteiger partial charge in [0.25, 0.3) is 10.0 Å². The molecular weight excluding hydrogens is 618 g/mol. The molecule has 1 N–H and O–H groups in total. The van der Waals surface area contributed by atoms with E-state index >= 15 is 0 Å². The van der Waals surface area contributed by atoms with E-state index in [1.807, 2.05) is 13.0 Å². The number of methoxy groups -OCH3 is 3. The Hall–Kier alpha value is -3.96. The summed E-state index contributed by atoms with van der Waals surface area (Å²) in [7, 11) is 0.0917. The number of halogens is 1. The molecule has 1 fully saturated rings. The molecule has 3 aromatic rings. The van der Waals surface area contributed by atoms with Gasteiger partial charge in [-0.25, -0.2) is 8.42 Å². The van der Waals surface area contributed by atoms with Crippen LogP contribution < -0.4 is 23.8 Å². The number of nitrogens with zero attached hydrogens (tertiary/aromatic N) is 2. The van der Waals surface area contributed by atoms with Gasteiger partial charge < -0.3 is 24.4 Å². The summed E-state index contributed by atoms with van der Waals surface area (Å²) >= 11 is 6.13. The Bertz CT molecular complexity index is 1580. The molecule has 0 radical (unpaired) electrons. The number of nitrogens with one attached hydrogen (secondary N) is 1. The van der Waals surface area contributed by atoms with Gasteiger partial charge in [-0.2, -0.15) is 0 Å². The molecular formula is C33H40ClN3O7S. The lowest BCUT2D eigenvalue weighted by Gasteiger charge is -2.34. The summed E-state index contributed by atoms with van der Waals surface area (Å²) in [4.78, 5) is 29.3. The Morgan fingerprint density at radius 2 is 1.62 bits per heavy atom. The van der Waals surface area contributed by atoms with E-state index in [0.717, 1.165) is 35.6 Å². The van der Waals surface area contributed by atoms with Crippen LogP contribution in [0.15, 0.2) is 71.6 Å². The normalized spacial score (nSPS) is 14.0. The van der Waals surface area contributed by atoms with E-state index in [1.165, 1.54) is 49.5 Å². The molecule has 2 amide bonds. The number of carbonyl (C=O) groups excluding carboxylic acids is 2. The molecule has 1 atom stereocenters. The van der Waals surface area contributed by atoms with Crippen LogP contribution in [0.1, 0.15) is 44.6 Å². The fourth-order valence-electron chi connectivity index (χ4n) is 5.49. The summed E-state index contributed by atoms with van der Waals surface area (Å²) < 4.78 is 45.5. The number of ether oxygens (including phenoxy) is 3. The zero-order valence-corrected chi connectivity index (χ0v) is 27.6. The number of rotatable bonds is 14. The molecule has 0 heterocycles. The van der Waals surface area contributed by atoms with Gasteiger partial charge in [0.2, 0.25) is 11.8 Å². The van der Waals surface area contributed by atoms with Gasteiger partial charge in [0.1, 0.15) is 18.3 Å². The Balaban J connectivity index is 1.75. The lowest BCUT2D eigenvalue weighted by atomic mass is 10.1. The Morgan fingerprint density at radius 1 is 0.933 bits per heavy atom. The zero-order valence-electron chi connectivity index (χ0n) is 26.0. The number of carbonyl (C=O) groups is 2. The predicted octanol–water partition coefficient (Wildman–Crippen LogP) is 5.43. The maximum atomic E-state index is 14.3. The predicted molar refractivity (Wildman–Crippen MR) is 174 cm³/mol. The van der Waals surface area contributed by atoms with Crippen LogP contribution >= 0.6 is 11.6 Å². The fourth-order valence-corrected chi connectivity index (χ4v) is 7.05. The van der Waals surface area contributed by atoms with Crippen molar-refractivity contribution >= 4 is 39.1 Å². The Kier molecular flexibility index (Phi) is 11.6. The van der Waals surface area contributed by atoms with Crippen LogP contribution in [0.3, 0.4) is 0 Å². The van der Waals surface area contributed by atoms with E-state index in [9.17, 15) is 18.0 Å². The molecule has 0 unspecified atom stereocenters. The highest BCUT2D eigenvalue weighted by Crippen LogP contribution is 2.33. The largest absolute Gasteiger partial charge is 0.497 e. The molecule has 1 aliphatic carbocycles. The van der Waals surface area contributed by atoms with Crippen molar-refractivity contribution in [3.8, 4) is 17.2 Å². The van der Waals surface area contributed by atoms with Gasteiger partial charge in [-0.15, -0.1) is 0 Å². The minimum absolute atomic E-state index is 0.0521. The van der Waals surface area contributed by atoms with Crippen molar-refractivity contribution < 1.29 is 32.2 Å². The molecule has 12 heteroatoms. The molecule has 0 bridgehead atoms. The summed E-state index contributed by atoms with van der Waals surface area (Å²) in [6.45, 7) is 1.33. The Morgan fingerprint density at radius 3 is 2.24 bits per heavy atom. The lowest BCUT2D eigenvalue weighted by Crippen LogP contribution is -2.53. The molecule has 3 aromatic carbocycles. The van der Waals surface area contributed by atoms with E-state index in [0.29, 0.717) is 22.9 Å². The lowest BCUT2D eigenvalue weighted by molar-refractivity contribution is -0.140. The summed E-state index contributed by atoms with van der Waals surface area (Å²) in [6, 6.07) is 16.8. The SMILES string of the molecule is CC[C@H](C(=O)NC1CCCC1)N(Cc1cccc(OC)c1)C(=O)CN(c1ccc(Cl)cc1)S(=O)(=O)c1ccc(OC)c(OC)c1. The first kappa shape index (κ1) is 33.9. The van der Waals surface area contributed by atoms with E-state index in [2.05, 4.69) is 5.32 Å². The van der Waals surface area contributed by atoms with E-state index in [4.69, 9.17) is 25.8 Å². The van der Waals surface area contributed by atoms with Gasteiger partial charge in [0, 0.05) is 23.7 Å². The third-order valence-electron chi connectivity index (χ3n) is 7.91. The van der Waals surface area contributed by atoms with Crippen LogP contribution in [0.2, 0.25) is 5.02 Å². The molecule has 0 saturated heterocycles. The molecule has 242 valence electrons. The van der Waals surface area contributed by atoms with Crippen molar-refractivity contribution in [3.05, 3.63) is 77.3 Å². The average molecular weight is 658 g/mol. The van der Waals surface area contributed by atoms with Crippen LogP contribution in [0.5, 0.6) is 17.2 Å². The molecule has 0 aromatic heterocycles. The molecule has 4 rings (SSSR count). The van der Waals surface area contributed by atoms with E-state index in [-0.39, 0.29) is 34.8 Å². The molecule has 0 aliphatic heterocycles. The van der Waals surface area contributed by atoms with Crippen molar-refractivity contribution in [2.45, 2.75) is 62.6 Å². The first-order valence-electron chi connectivity index (χ1n) is 14.8. The second-order valence-corrected chi connectivity index (χ2v) is 13.1. The first-order valence-corrected chi connectivity index (χ1v) is 16.7. The monoisotopic (exact) mass is 657 g/mol. The third kappa shape index (κ3) is 8.20. The van der Waals surface area contributed by atoms with Gasteiger partial charge in [0.05, 0.1) is 31.9 Å². The maximum Gasteiger partial charge on any atom is 0.264 e. The highest BCUT2D eigenvalue weighted by molar-refractivity contribution is 7.92. The summed E-state index contributed by atoms with van der Waals surface area (Å²) in [5.74, 6) is 0.359. The summed E-state index contributed by atoms with van der Waals surface area (Å²) in [5.41, 5.74) is 0.961. The number of anilines is 1. The number of hydrogen-bond donors (Lipinski definition) is 1. The van der Waals surface area contributed by atoms with Crippen LogP contribution in [-0.4, -0.2) is 65.1 Å². The number of sulfonamides is 1. The van der Waals surface area contributed by atoms with Crippen LogP contribution in [0.25, 0.3) is 0 Å². The van der Waals surface area contributed by atoms with Crippen molar-refractivity contribution in [1.29, 1.82) is 0 Å². The van der Waals surface area contributed by atoms with Gasteiger partial charge in [0.15, 0.2) is 11.5 Å². The van der Waals surface area contributed by atoms with Gasteiger partial charge >= 0.3 is 0 Å². The van der Waals surface area contributed by atoms with Crippen LogP contribution in [0.4, 0.5) is 5.69 Å². The standard InChI is InChI=1S/C33H40ClN3O7S/c1-5-29(33(39)35-25-10-6-7-11-25)36(21-23-9-8-12-27(19-23)42-2)32(38)22-37(26-15-13-24(34)14-16-26)45(40,41)28-17-18-30(43-3)31(20-28)44-4/h8-9,12-20,25,29H,5-7,10-11,21-22H2,1-4H3,(H,35,39)/t29-/m1/s1. The van der Waals surface area contributed by atoms with E-state index in [1.54, 1.807) is 37.4 Å². The van der Waals surface area contributed by atoms with Gasteiger partial charge in [-0.1, -0.05) is 43.5 Å². The third-order valence-corrected chi connectivity index (χ3v) is 9.93. The van der Waals surface area contributed by atoms with Crippen LogP contribution in [0, 0.1) is 0 Å². The van der Waals surface area contributed by atoms with Gasteiger partial charge in [-0.05, 0) is 73.4 Å². The zero-order chi connectivity index (χ0) is 32.6. The van der Waals surface area contributed by atoms with Crippen molar-refractivity contribution in [3.63, 3.8) is 0 Å². The smallest absolute Gasteiger partial charge is 0.264 e. The first-order chi connectivity index (χ1) is 21.6. The van der Waals surface area contributed by atoms with Crippen LogP contribution in [-0.2, 0) is 26.2 Å². The highest BCUT2D eigenvalue weighted by Gasteiger charge is 2.35. The van der Waals surface area contributed by atoms with Crippen molar-refractivity contribution in [1.82, 2.24) is 10.2 Å². The van der Waals surface area contributed by atoms with Crippen molar-refractivity contribution in [2.75, 3.05) is 32.2 Å². The average Bonchev–Trinajstić information content (AvgIpc) is 3.56. The van der Waals surface area contributed by atoms with Crippen molar-refractivity contribution in [2.24, 2.45) is 0 Å². The molecule has 0 spiro atoms. The second-order valence-electron chi connectivity index (χ2n) is 10.8. The number of amides is 2. The Labute approximate surface area is 270 Å². The molecule has 1 aliphatic rings. The highest BCUT2D eigenvalue weighted by atomic mass is 35.5. The van der Waals surface area contributed by atoms with Gasteiger partial charge in [-0.3, -0.25) is 13.9 Å². The summed E-state index contributed by atoms with van der Waals surface area (Å²) in [6.07, 6.45) is 4.19. The topological polar surface area (TPSA) is 114 Å². The molecule has 1 saturated carbocycles.